The number of methoxy groups -OCH3 is 1. The van der Waals surface area contributed by atoms with Crippen LogP contribution in [0, 0.1) is 0 Å². The minimum absolute atomic E-state index is 0. The van der Waals surface area contributed by atoms with Gasteiger partial charge in [0.15, 0.2) is 5.96 Å². The number of carbonyl (C=O) groups excluding carboxylic acids is 1. The van der Waals surface area contributed by atoms with Crippen LogP contribution < -0.4 is 25.4 Å². The van der Waals surface area contributed by atoms with Crippen LogP contribution in [-0.2, 0) is 4.74 Å². The van der Waals surface area contributed by atoms with E-state index in [-0.39, 0.29) is 24.0 Å². The van der Waals surface area contributed by atoms with Crippen LogP contribution in [0.5, 0.6) is 11.5 Å². The van der Waals surface area contributed by atoms with E-state index in [9.17, 15) is 4.79 Å². The van der Waals surface area contributed by atoms with Gasteiger partial charge in [-0.2, -0.15) is 0 Å². The van der Waals surface area contributed by atoms with Gasteiger partial charge in [0.25, 0.3) is 0 Å². The molecule has 0 aromatic heterocycles. The molecule has 1 amide bonds. The lowest BCUT2D eigenvalue weighted by molar-refractivity contribution is 0.0529. The molecule has 0 bridgehead atoms. The summed E-state index contributed by atoms with van der Waals surface area (Å²) < 4.78 is 16.0. The molecule has 29 heavy (non-hydrogen) atoms. The van der Waals surface area contributed by atoms with E-state index in [1.54, 1.807) is 7.11 Å². The fourth-order valence-corrected chi connectivity index (χ4v) is 2.12. The molecule has 0 aliphatic carbocycles. The maximum absolute atomic E-state index is 11.6. The lowest BCUT2D eigenvalue weighted by Gasteiger charge is -2.19. The van der Waals surface area contributed by atoms with E-state index in [0.717, 1.165) is 24.5 Å². The molecule has 8 nitrogen and oxygen atoms in total. The second kappa shape index (κ2) is 15.0. The monoisotopic (exact) mass is 522 g/mol. The quantitative estimate of drug-likeness (QED) is 0.189. The van der Waals surface area contributed by atoms with Gasteiger partial charge in [0, 0.05) is 32.6 Å². The summed E-state index contributed by atoms with van der Waals surface area (Å²) in [5, 5.41) is 9.05. The molecule has 9 heteroatoms. The molecule has 0 unspecified atom stereocenters. The average molecular weight is 522 g/mol. The van der Waals surface area contributed by atoms with Crippen molar-refractivity contribution < 1.29 is 19.0 Å². The first-order chi connectivity index (χ1) is 13.3. The van der Waals surface area contributed by atoms with E-state index in [1.165, 1.54) is 0 Å². The topological polar surface area (TPSA) is 93.2 Å². The van der Waals surface area contributed by atoms with Gasteiger partial charge in [-0.15, -0.1) is 24.0 Å². The molecule has 0 heterocycles. The van der Waals surface area contributed by atoms with E-state index in [0.29, 0.717) is 32.2 Å². The standard InChI is InChI=1S/C20H34N4O4.HI/c1-6-21-18(23-13-14-24-19(25)28-20(2,3)4)22-12-7-15-27-17-10-8-16(26-5)9-11-17;/h8-11H,6-7,12-15H2,1-5H3,(H,24,25)(H2,21,22,23);1H. The number of benzene rings is 1. The number of nitrogens with zero attached hydrogens (tertiary/aromatic N) is 1. The van der Waals surface area contributed by atoms with Crippen LogP contribution >= 0.6 is 24.0 Å². The van der Waals surface area contributed by atoms with Crippen molar-refractivity contribution in [3.8, 4) is 11.5 Å². The second-order valence-corrected chi connectivity index (χ2v) is 6.99. The average Bonchev–Trinajstić information content (AvgIpc) is 2.64. The molecule has 0 saturated carbocycles. The van der Waals surface area contributed by atoms with Crippen LogP contribution in [0.15, 0.2) is 29.3 Å². The number of guanidine groups is 1. The number of hydrogen-bond acceptors (Lipinski definition) is 5. The summed E-state index contributed by atoms with van der Waals surface area (Å²) in [5.74, 6) is 2.32. The predicted molar refractivity (Wildman–Crippen MR) is 127 cm³/mol. The molecule has 0 fully saturated rings. The molecule has 3 N–H and O–H groups in total. The van der Waals surface area contributed by atoms with E-state index in [4.69, 9.17) is 14.2 Å². The third-order valence-corrected chi connectivity index (χ3v) is 3.33. The van der Waals surface area contributed by atoms with Gasteiger partial charge >= 0.3 is 6.09 Å². The van der Waals surface area contributed by atoms with Crippen molar-refractivity contribution in [2.75, 3.05) is 39.9 Å². The van der Waals surface area contributed by atoms with E-state index < -0.39 is 11.7 Å². The zero-order valence-corrected chi connectivity index (χ0v) is 20.4. The Morgan fingerprint density at radius 1 is 1.03 bits per heavy atom. The molecule has 0 aliphatic rings. The Hall–Kier alpha value is -1.91. The van der Waals surface area contributed by atoms with Gasteiger partial charge in [0.05, 0.1) is 13.7 Å². The summed E-state index contributed by atoms with van der Waals surface area (Å²) in [6.07, 6.45) is 0.366. The highest BCUT2D eigenvalue weighted by molar-refractivity contribution is 14.0. The summed E-state index contributed by atoms with van der Waals surface area (Å²) in [6.45, 7) is 10.5. The Morgan fingerprint density at radius 3 is 2.24 bits per heavy atom. The SMILES string of the molecule is CCNC(=NCCCOc1ccc(OC)cc1)NCCNC(=O)OC(C)(C)C.I. The number of ether oxygens (including phenoxy) is 3. The van der Waals surface area contributed by atoms with Gasteiger partial charge in [0.1, 0.15) is 17.1 Å². The summed E-state index contributed by atoms with van der Waals surface area (Å²) in [4.78, 5) is 16.1. The highest BCUT2D eigenvalue weighted by Crippen LogP contribution is 2.16. The molecular formula is C20H35IN4O4. The highest BCUT2D eigenvalue weighted by Gasteiger charge is 2.15. The van der Waals surface area contributed by atoms with Crippen LogP contribution in [0.2, 0.25) is 0 Å². The third kappa shape index (κ3) is 13.8. The predicted octanol–water partition coefficient (Wildman–Crippen LogP) is 3.16. The number of rotatable bonds is 10. The lowest BCUT2D eigenvalue weighted by atomic mass is 10.2. The van der Waals surface area contributed by atoms with Crippen molar-refractivity contribution >= 4 is 36.0 Å². The molecular weight excluding hydrogens is 487 g/mol. The van der Waals surface area contributed by atoms with Gasteiger partial charge in [-0.1, -0.05) is 0 Å². The van der Waals surface area contributed by atoms with E-state index in [1.807, 2.05) is 52.0 Å². The third-order valence-electron chi connectivity index (χ3n) is 3.33. The number of hydrogen-bond donors (Lipinski definition) is 3. The van der Waals surface area contributed by atoms with Gasteiger partial charge in [-0.05, 0) is 52.0 Å². The molecule has 1 aromatic rings. The minimum Gasteiger partial charge on any atom is -0.497 e. The largest absolute Gasteiger partial charge is 0.497 e. The molecule has 0 aliphatic heterocycles. The first kappa shape index (κ1) is 27.1. The smallest absolute Gasteiger partial charge is 0.407 e. The molecule has 0 saturated heterocycles. The number of nitrogens with one attached hydrogen (secondary N) is 3. The Bertz CT molecular complexity index is 603. The molecule has 0 radical (unpaired) electrons. The molecule has 1 aromatic carbocycles. The van der Waals surface area contributed by atoms with Crippen molar-refractivity contribution in [3.05, 3.63) is 24.3 Å². The van der Waals surface area contributed by atoms with Crippen molar-refractivity contribution in [3.63, 3.8) is 0 Å². The first-order valence-electron chi connectivity index (χ1n) is 9.60. The lowest BCUT2D eigenvalue weighted by Crippen LogP contribution is -2.42. The Morgan fingerprint density at radius 2 is 1.66 bits per heavy atom. The van der Waals surface area contributed by atoms with Crippen molar-refractivity contribution in [1.29, 1.82) is 0 Å². The second-order valence-electron chi connectivity index (χ2n) is 6.99. The van der Waals surface area contributed by atoms with Crippen LogP contribution in [-0.4, -0.2) is 57.5 Å². The normalized spacial score (nSPS) is 11.1. The molecule has 166 valence electrons. The summed E-state index contributed by atoms with van der Waals surface area (Å²) in [6, 6.07) is 7.49. The number of alkyl carbamates (subject to hydrolysis) is 1. The fraction of sp³-hybridized carbons (Fsp3) is 0.600. The first-order valence-corrected chi connectivity index (χ1v) is 9.60. The zero-order valence-electron chi connectivity index (χ0n) is 18.0. The van der Waals surface area contributed by atoms with Crippen molar-refractivity contribution in [2.24, 2.45) is 4.99 Å². The maximum atomic E-state index is 11.6. The highest BCUT2D eigenvalue weighted by atomic mass is 127. The maximum Gasteiger partial charge on any atom is 0.407 e. The Labute approximate surface area is 191 Å². The van der Waals surface area contributed by atoms with Crippen molar-refractivity contribution in [2.45, 2.75) is 39.7 Å². The number of carbonyl (C=O) groups is 1. The Balaban J connectivity index is 0.00000784. The number of aliphatic imine (C=N–C) groups is 1. The number of halogens is 1. The zero-order chi connectivity index (χ0) is 20.8. The summed E-state index contributed by atoms with van der Waals surface area (Å²) >= 11 is 0. The van der Waals surface area contributed by atoms with Gasteiger partial charge in [0.2, 0.25) is 0 Å². The van der Waals surface area contributed by atoms with Crippen LogP contribution in [0.3, 0.4) is 0 Å². The molecule has 0 spiro atoms. The van der Waals surface area contributed by atoms with E-state index >= 15 is 0 Å². The Kier molecular flexibility index (Phi) is 14.0. The van der Waals surface area contributed by atoms with E-state index in [2.05, 4.69) is 20.9 Å². The van der Waals surface area contributed by atoms with Crippen LogP contribution in [0.4, 0.5) is 4.79 Å². The molecule has 0 atom stereocenters. The van der Waals surface area contributed by atoms with Gasteiger partial charge in [-0.3, -0.25) is 4.99 Å². The van der Waals surface area contributed by atoms with Crippen LogP contribution in [0.1, 0.15) is 34.1 Å². The van der Waals surface area contributed by atoms with Gasteiger partial charge < -0.3 is 30.2 Å². The fourth-order valence-electron chi connectivity index (χ4n) is 2.12. The molecule has 1 rings (SSSR count). The van der Waals surface area contributed by atoms with Crippen molar-refractivity contribution in [1.82, 2.24) is 16.0 Å². The van der Waals surface area contributed by atoms with Gasteiger partial charge in [-0.25, -0.2) is 4.79 Å². The van der Waals surface area contributed by atoms with Crippen LogP contribution in [0.25, 0.3) is 0 Å². The summed E-state index contributed by atoms with van der Waals surface area (Å²) in [7, 11) is 1.64. The number of amides is 1. The minimum atomic E-state index is -0.498. The summed E-state index contributed by atoms with van der Waals surface area (Å²) in [5.41, 5.74) is -0.498.